The highest BCUT2D eigenvalue weighted by Crippen LogP contribution is 2.28. The Morgan fingerprint density at radius 2 is 2.05 bits per heavy atom. The molecule has 1 aromatic carbocycles. The van der Waals surface area contributed by atoms with Crippen LogP contribution in [0.5, 0.6) is 5.75 Å². The van der Waals surface area contributed by atoms with Crippen LogP contribution in [0.3, 0.4) is 0 Å². The molecule has 5 heteroatoms. The molecule has 0 fully saturated rings. The standard InChI is InChI=1S/C15H24ClNO3/c1-4-17-11(3)12-6-7-15(14(16)8-12)20-10-13(18)9-19-5-2/h6-8,11,13,17-18H,4-5,9-10H2,1-3H3. The molecule has 1 rings (SSSR count). The van der Waals surface area contributed by atoms with E-state index < -0.39 is 6.10 Å². The Bertz CT molecular complexity index is 401. The van der Waals surface area contributed by atoms with Gasteiger partial charge in [-0.1, -0.05) is 24.6 Å². The van der Waals surface area contributed by atoms with Crippen molar-refractivity contribution in [2.24, 2.45) is 0 Å². The van der Waals surface area contributed by atoms with Gasteiger partial charge in [0.1, 0.15) is 18.5 Å². The summed E-state index contributed by atoms with van der Waals surface area (Å²) in [7, 11) is 0. The van der Waals surface area contributed by atoms with Gasteiger partial charge in [0.25, 0.3) is 0 Å². The zero-order valence-electron chi connectivity index (χ0n) is 12.4. The molecule has 4 nitrogen and oxygen atoms in total. The maximum Gasteiger partial charge on any atom is 0.138 e. The number of rotatable bonds is 9. The van der Waals surface area contributed by atoms with Gasteiger partial charge in [0.05, 0.1) is 11.6 Å². The minimum absolute atomic E-state index is 0.168. The predicted octanol–water partition coefficient (Wildman–Crippen LogP) is 2.79. The van der Waals surface area contributed by atoms with Crippen molar-refractivity contribution in [3.8, 4) is 5.75 Å². The lowest BCUT2D eigenvalue weighted by Gasteiger charge is -2.16. The number of halogens is 1. The second kappa shape index (κ2) is 9.19. The average molecular weight is 302 g/mol. The molecule has 0 bridgehead atoms. The van der Waals surface area contributed by atoms with Crippen LogP contribution in [0.4, 0.5) is 0 Å². The maximum atomic E-state index is 9.64. The second-order valence-corrected chi connectivity index (χ2v) is 5.00. The summed E-state index contributed by atoms with van der Waals surface area (Å²) in [5.41, 5.74) is 1.11. The largest absolute Gasteiger partial charge is 0.489 e. The maximum absolute atomic E-state index is 9.64. The van der Waals surface area contributed by atoms with Crippen LogP contribution in [0.25, 0.3) is 0 Å². The summed E-state index contributed by atoms with van der Waals surface area (Å²) in [6.07, 6.45) is -0.647. The van der Waals surface area contributed by atoms with E-state index in [1.165, 1.54) is 0 Å². The Balaban J connectivity index is 2.55. The van der Waals surface area contributed by atoms with E-state index in [4.69, 9.17) is 21.1 Å². The number of aliphatic hydroxyl groups excluding tert-OH is 1. The zero-order chi connectivity index (χ0) is 15.0. The van der Waals surface area contributed by atoms with Crippen LogP contribution in [-0.4, -0.2) is 37.6 Å². The molecule has 2 N–H and O–H groups in total. The number of nitrogens with one attached hydrogen (secondary N) is 1. The number of hydrogen-bond acceptors (Lipinski definition) is 4. The Labute approximate surface area is 126 Å². The Hall–Kier alpha value is -0.810. The van der Waals surface area contributed by atoms with E-state index in [1.54, 1.807) is 0 Å². The first-order valence-corrected chi connectivity index (χ1v) is 7.37. The molecular formula is C15H24ClNO3. The third-order valence-corrected chi connectivity index (χ3v) is 3.21. The first kappa shape index (κ1) is 17.2. The van der Waals surface area contributed by atoms with Crippen LogP contribution >= 0.6 is 11.6 Å². The predicted molar refractivity (Wildman–Crippen MR) is 81.5 cm³/mol. The highest BCUT2D eigenvalue weighted by Gasteiger charge is 2.10. The van der Waals surface area contributed by atoms with Crippen molar-refractivity contribution >= 4 is 11.6 Å². The van der Waals surface area contributed by atoms with Crippen LogP contribution in [-0.2, 0) is 4.74 Å². The molecule has 0 aliphatic rings. The van der Waals surface area contributed by atoms with Gasteiger partial charge in [0.15, 0.2) is 0 Å². The lowest BCUT2D eigenvalue weighted by Crippen LogP contribution is -2.23. The van der Waals surface area contributed by atoms with Gasteiger partial charge in [-0.25, -0.2) is 0 Å². The van der Waals surface area contributed by atoms with Gasteiger partial charge >= 0.3 is 0 Å². The molecule has 2 unspecified atom stereocenters. The monoisotopic (exact) mass is 301 g/mol. The van der Waals surface area contributed by atoms with Crippen molar-refractivity contribution in [3.05, 3.63) is 28.8 Å². The Kier molecular flexibility index (Phi) is 7.92. The molecule has 2 atom stereocenters. The van der Waals surface area contributed by atoms with E-state index in [0.717, 1.165) is 12.1 Å². The molecule has 0 aliphatic carbocycles. The molecular weight excluding hydrogens is 278 g/mol. The fraction of sp³-hybridized carbons (Fsp3) is 0.600. The van der Waals surface area contributed by atoms with Gasteiger partial charge in [-0.3, -0.25) is 0 Å². The highest BCUT2D eigenvalue weighted by atomic mass is 35.5. The quantitative estimate of drug-likeness (QED) is 0.736. The summed E-state index contributed by atoms with van der Waals surface area (Å²) in [5.74, 6) is 0.578. The molecule has 1 aromatic rings. The van der Waals surface area contributed by atoms with Gasteiger partial charge < -0.3 is 19.9 Å². The van der Waals surface area contributed by atoms with E-state index in [1.807, 2.05) is 25.1 Å². The molecule has 20 heavy (non-hydrogen) atoms. The summed E-state index contributed by atoms with van der Waals surface area (Å²) >= 11 is 6.20. The number of ether oxygens (including phenoxy) is 2. The van der Waals surface area contributed by atoms with Crippen LogP contribution in [0.15, 0.2) is 18.2 Å². The van der Waals surface area contributed by atoms with E-state index in [2.05, 4.69) is 19.2 Å². The van der Waals surface area contributed by atoms with Crippen molar-refractivity contribution in [3.63, 3.8) is 0 Å². The van der Waals surface area contributed by atoms with Crippen LogP contribution in [0, 0.1) is 0 Å². The molecule has 0 amide bonds. The van der Waals surface area contributed by atoms with Crippen LogP contribution in [0.2, 0.25) is 5.02 Å². The zero-order valence-corrected chi connectivity index (χ0v) is 13.1. The summed E-state index contributed by atoms with van der Waals surface area (Å²) in [6.45, 7) is 7.95. The average Bonchev–Trinajstić information content (AvgIpc) is 2.43. The third-order valence-electron chi connectivity index (χ3n) is 2.91. The summed E-state index contributed by atoms with van der Waals surface area (Å²) in [5, 5.41) is 13.5. The Morgan fingerprint density at radius 1 is 1.30 bits per heavy atom. The second-order valence-electron chi connectivity index (χ2n) is 4.59. The molecule has 0 aromatic heterocycles. The molecule has 0 spiro atoms. The van der Waals surface area contributed by atoms with Crippen molar-refractivity contribution in [2.45, 2.75) is 32.9 Å². The van der Waals surface area contributed by atoms with Crippen LogP contribution < -0.4 is 10.1 Å². The smallest absolute Gasteiger partial charge is 0.138 e. The highest BCUT2D eigenvalue weighted by molar-refractivity contribution is 6.32. The third kappa shape index (κ3) is 5.67. The lowest BCUT2D eigenvalue weighted by atomic mass is 10.1. The van der Waals surface area contributed by atoms with Crippen molar-refractivity contribution in [1.29, 1.82) is 0 Å². The van der Waals surface area contributed by atoms with Gasteiger partial charge in [0.2, 0.25) is 0 Å². The van der Waals surface area contributed by atoms with Gasteiger partial charge in [0, 0.05) is 12.6 Å². The van der Waals surface area contributed by atoms with Crippen LogP contribution in [0.1, 0.15) is 32.4 Å². The molecule has 0 aliphatic heterocycles. The SMILES string of the molecule is CCNC(C)c1ccc(OCC(O)COCC)c(Cl)c1. The summed E-state index contributed by atoms with van der Waals surface area (Å²) < 4.78 is 10.6. The molecule has 0 saturated heterocycles. The van der Waals surface area contributed by atoms with Gasteiger partial charge in [-0.05, 0) is 38.1 Å². The van der Waals surface area contributed by atoms with Gasteiger partial charge in [-0.15, -0.1) is 0 Å². The number of aliphatic hydroxyl groups is 1. The molecule has 0 radical (unpaired) electrons. The van der Waals surface area contributed by atoms with E-state index in [-0.39, 0.29) is 19.3 Å². The Morgan fingerprint density at radius 3 is 2.65 bits per heavy atom. The number of hydrogen-bond donors (Lipinski definition) is 2. The minimum Gasteiger partial charge on any atom is -0.489 e. The lowest BCUT2D eigenvalue weighted by molar-refractivity contribution is 0.0164. The fourth-order valence-electron chi connectivity index (χ4n) is 1.82. The van der Waals surface area contributed by atoms with E-state index in [9.17, 15) is 5.11 Å². The van der Waals surface area contributed by atoms with Gasteiger partial charge in [-0.2, -0.15) is 0 Å². The number of benzene rings is 1. The first-order chi connectivity index (χ1) is 9.58. The van der Waals surface area contributed by atoms with Crippen molar-refractivity contribution in [1.82, 2.24) is 5.32 Å². The summed E-state index contributed by atoms with van der Waals surface area (Å²) in [6, 6.07) is 5.94. The molecule has 0 saturated carbocycles. The molecule has 114 valence electrons. The molecule has 0 heterocycles. The minimum atomic E-state index is -0.647. The fourth-order valence-corrected chi connectivity index (χ4v) is 2.06. The van der Waals surface area contributed by atoms with Crippen molar-refractivity contribution in [2.75, 3.05) is 26.4 Å². The summed E-state index contributed by atoms with van der Waals surface area (Å²) in [4.78, 5) is 0. The topological polar surface area (TPSA) is 50.7 Å². The van der Waals surface area contributed by atoms with Crippen molar-refractivity contribution < 1.29 is 14.6 Å². The first-order valence-electron chi connectivity index (χ1n) is 6.99. The van der Waals surface area contributed by atoms with E-state index >= 15 is 0 Å². The van der Waals surface area contributed by atoms with E-state index in [0.29, 0.717) is 17.4 Å². The normalized spacial score (nSPS) is 14.1.